The van der Waals surface area contributed by atoms with Gasteiger partial charge in [-0.15, -0.1) is 0 Å². The van der Waals surface area contributed by atoms with Crippen LogP contribution in [0.2, 0.25) is 0 Å². The minimum absolute atomic E-state index is 0.109. The van der Waals surface area contributed by atoms with Crippen LogP contribution >= 0.6 is 0 Å². The van der Waals surface area contributed by atoms with Crippen LogP contribution in [0, 0.1) is 0 Å². The Bertz CT molecular complexity index is 705. The smallest absolute Gasteiger partial charge is 0.252 e. The topological polar surface area (TPSA) is 60.3 Å². The first-order valence-electron chi connectivity index (χ1n) is 7.16. The monoisotopic (exact) mass is 300 g/mol. The predicted octanol–water partition coefficient (Wildman–Crippen LogP) is 2.28. The largest absolute Gasteiger partial charge is 0.497 e. The van der Waals surface area contributed by atoms with E-state index in [2.05, 4.69) is 5.32 Å². The Balaban J connectivity index is 2.16. The van der Waals surface area contributed by atoms with Crippen LogP contribution in [0.3, 0.4) is 0 Å². The van der Waals surface area contributed by atoms with E-state index in [0.717, 1.165) is 17.7 Å². The number of methoxy groups -OCH3 is 1. The zero-order valence-electron chi connectivity index (χ0n) is 13.0. The number of amides is 1. The van der Waals surface area contributed by atoms with Crippen molar-refractivity contribution in [3.63, 3.8) is 0 Å². The van der Waals surface area contributed by atoms with E-state index < -0.39 is 0 Å². The minimum atomic E-state index is -0.250. The SMILES string of the molecule is CCC(NC(=O)c1ccn(C)c(=O)c1)c1ccc(OC)cc1. The molecule has 1 unspecified atom stereocenters. The lowest BCUT2D eigenvalue weighted by Crippen LogP contribution is -2.29. The third kappa shape index (κ3) is 3.55. The summed E-state index contributed by atoms with van der Waals surface area (Å²) in [5.41, 5.74) is 1.17. The van der Waals surface area contributed by atoms with Crippen LogP contribution in [0.1, 0.15) is 35.3 Å². The molecular formula is C17H20N2O3. The number of aryl methyl sites for hydroxylation is 1. The fourth-order valence-corrected chi connectivity index (χ4v) is 2.19. The fourth-order valence-electron chi connectivity index (χ4n) is 2.19. The highest BCUT2D eigenvalue weighted by Crippen LogP contribution is 2.20. The van der Waals surface area contributed by atoms with Crippen LogP contribution in [0.5, 0.6) is 5.75 Å². The van der Waals surface area contributed by atoms with Crippen molar-refractivity contribution in [3.05, 3.63) is 64.1 Å². The molecule has 5 nitrogen and oxygen atoms in total. The Kier molecular flexibility index (Phi) is 4.99. The third-order valence-electron chi connectivity index (χ3n) is 3.60. The maximum atomic E-state index is 12.3. The van der Waals surface area contributed by atoms with Crippen LogP contribution in [0.15, 0.2) is 47.4 Å². The average molecular weight is 300 g/mol. The molecule has 1 N–H and O–H groups in total. The molecule has 0 fully saturated rings. The Morgan fingerprint density at radius 3 is 2.50 bits per heavy atom. The van der Waals surface area contributed by atoms with E-state index in [4.69, 9.17) is 4.74 Å². The number of benzene rings is 1. The van der Waals surface area contributed by atoms with Crippen molar-refractivity contribution < 1.29 is 9.53 Å². The van der Waals surface area contributed by atoms with E-state index >= 15 is 0 Å². The van der Waals surface area contributed by atoms with Gasteiger partial charge in [0.1, 0.15) is 5.75 Å². The van der Waals surface area contributed by atoms with Gasteiger partial charge in [0.15, 0.2) is 0 Å². The Morgan fingerprint density at radius 1 is 1.27 bits per heavy atom. The molecule has 1 heterocycles. The summed E-state index contributed by atoms with van der Waals surface area (Å²) in [7, 11) is 3.26. The number of nitrogens with zero attached hydrogens (tertiary/aromatic N) is 1. The number of carbonyl (C=O) groups is 1. The van der Waals surface area contributed by atoms with E-state index in [1.165, 1.54) is 10.6 Å². The molecular weight excluding hydrogens is 280 g/mol. The Hall–Kier alpha value is -2.56. The van der Waals surface area contributed by atoms with Crippen molar-refractivity contribution in [2.75, 3.05) is 7.11 Å². The molecule has 2 rings (SSSR count). The molecule has 0 aliphatic heterocycles. The predicted molar refractivity (Wildman–Crippen MR) is 85.2 cm³/mol. The highest BCUT2D eigenvalue weighted by Gasteiger charge is 2.14. The molecule has 1 atom stereocenters. The second-order valence-corrected chi connectivity index (χ2v) is 5.07. The summed E-state index contributed by atoms with van der Waals surface area (Å²) in [5, 5.41) is 2.96. The Morgan fingerprint density at radius 2 is 1.95 bits per heavy atom. The molecule has 0 bridgehead atoms. The van der Waals surface area contributed by atoms with Gasteiger partial charge in [0.25, 0.3) is 11.5 Å². The summed E-state index contributed by atoms with van der Waals surface area (Å²) < 4.78 is 6.56. The molecule has 1 aromatic heterocycles. The van der Waals surface area contributed by atoms with E-state index in [-0.39, 0.29) is 17.5 Å². The summed E-state index contributed by atoms with van der Waals surface area (Å²) >= 11 is 0. The van der Waals surface area contributed by atoms with Gasteiger partial charge < -0.3 is 14.6 Å². The van der Waals surface area contributed by atoms with Crippen molar-refractivity contribution in [2.45, 2.75) is 19.4 Å². The highest BCUT2D eigenvalue weighted by atomic mass is 16.5. The van der Waals surface area contributed by atoms with Gasteiger partial charge in [-0.25, -0.2) is 0 Å². The lowest BCUT2D eigenvalue weighted by atomic mass is 10.0. The van der Waals surface area contributed by atoms with Crippen molar-refractivity contribution in [1.82, 2.24) is 9.88 Å². The van der Waals surface area contributed by atoms with Gasteiger partial charge in [0, 0.05) is 24.9 Å². The molecule has 0 saturated heterocycles. The number of hydrogen-bond donors (Lipinski definition) is 1. The average Bonchev–Trinajstić information content (AvgIpc) is 2.55. The molecule has 0 spiro atoms. The maximum absolute atomic E-state index is 12.3. The minimum Gasteiger partial charge on any atom is -0.497 e. The van der Waals surface area contributed by atoms with E-state index in [1.807, 2.05) is 31.2 Å². The van der Waals surface area contributed by atoms with Gasteiger partial charge >= 0.3 is 0 Å². The van der Waals surface area contributed by atoms with Crippen LogP contribution < -0.4 is 15.6 Å². The van der Waals surface area contributed by atoms with Gasteiger partial charge in [0.2, 0.25) is 0 Å². The number of nitrogens with one attached hydrogen (secondary N) is 1. The van der Waals surface area contributed by atoms with Gasteiger partial charge in [-0.05, 0) is 30.2 Å². The first-order valence-corrected chi connectivity index (χ1v) is 7.16. The second-order valence-electron chi connectivity index (χ2n) is 5.07. The highest BCUT2D eigenvalue weighted by molar-refractivity contribution is 5.94. The number of ether oxygens (including phenoxy) is 1. The summed E-state index contributed by atoms with van der Waals surface area (Å²) in [4.78, 5) is 23.9. The van der Waals surface area contributed by atoms with E-state index in [1.54, 1.807) is 26.4 Å². The van der Waals surface area contributed by atoms with Crippen LogP contribution in [-0.4, -0.2) is 17.6 Å². The van der Waals surface area contributed by atoms with Crippen LogP contribution in [0.4, 0.5) is 0 Å². The molecule has 5 heteroatoms. The number of hydrogen-bond acceptors (Lipinski definition) is 3. The van der Waals surface area contributed by atoms with Crippen molar-refractivity contribution in [1.29, 1.82) is 0 Å². The number of pyridine rings is 1. The maximum Gasteiger partial charge on any atom is 0.252 e. The van der Waals surface area contributed by atoms with Crippen LogP contribution in [0.25, 0.3) is 0 Å². The van der Waals surface area contributed by atoms with Gasteiger partial charge in [0.05, 0.1) is 13.2 Å². The normalized spacial score (nSPS) is 11.8. The Labute approximate surface area is 129 Å². The summed E-state index contributed by atoms with van der Waals surface area (Å²) in [6.07, 6.45) is 2.34. The molecule has 116 valence electrons. The molecule has 22 heavy (non-hydrogen) atoms. The standard InChI is InChI=1S/C17H20N2O3/c1-4-15(12-5-7-14(22-3)8-6-12)18-17(21)13-9-10-19(2)16(20)11-13/h5-11,15H,4H2,1-3H3,(H,18,21). The molecule has 1 aromatic carbocycles. The lowest BCUT2D eigenvalue weighted by Gasteiger charge is -2.18. The molecule has 0 saturated carbocycles. The zero-order chi connectivity index (χ0) is 16.1. The quantitative estimate of drug-likeness (QED) is 0.921. The number of rotatable bonds is 5. The van der Waals surface area contributed by atoms with Gasteiger partial charge in [-0.3, -0.25) is 9.59 Å². The zero-order valence-corrected chi connectivity index (χ0v) is 13.0. The molecule has 0 radical (unpaired) electrons. The first-order chi connectivity index (χ1) is 10.5. The molecule has 0 aliphatic carbocycles. The van der Waals surface area contributed by atoms with Gasteiger partial charge in [-0.2, -0.15) is 0 Å². The number of carbonyl (C=O) groups excluding carboxylic acids is 1. The molecule has 2 aromatic rings. The summed E-state index contributed by atoms with van der Waals surface area (Å²) in [6, 6.07) is 10.5. The first kappa shape index (κ1) is 15.8. The lowest BCUT2D eigenvalue weighted by molar-refractivity contribution is 0.0935. The fraction of sp³-hybridized carbons (Fsp3) is 0.294. The van der Waals surface area contributed by atoms with Crippen LogP contribution in [-0.2, 0) is 7.05 Å². The van der Waals surface area contributed by atoms with Crippen molar-refractivity contribution in [2.24, 2.45) is 7.05 Å². The molecule has 0 aliphatic rings. The van der Waals surface area contributed by atoms with E-state index in [9.17, 15) is 9.59 Å². The summed E-state index contributed by atoms with van der Waals surface area (Å²) in [5.74, 6) is 0.525. The molecule has 1 amide bonds. The van der Waals surface area contributed by atoms with Crippen molar-refractivity contribution >= 4 is 5.91 Å². The summed E-state index contributed by atoms with van der Waals surface area (Å²) in [6.45, 7) is 2.00. The third-order valence-corrected chi connectivity index (χ3v) is 3.60. The second kappa shape index (κ2) is 6.93. The number of aromatic nitrogens is 1. The van der Waals surface area contributed by atoms with Gasteiger partial charge in [-0.1, -0.05) is 19.1 Å². The van der Waals surface area contributed by atoms with Crippen molar-refractivity contribution in [3.8, 4) is 5.75 Å². The van der Waals surface area contributed by atoms with E-state index in [0.29, 0.717) is 5.56 Å².